The number of rotatable bonds is 3. The summed E-state index contributed by atoms with van der Waals surface area (Å²) in [6.45, 7) is 4.23. The van der Waals surface area contributed by atoms with Crippen LogP contribution in [0.4, 0.5) is 0 Å². The van der Waals surface area contributed by atoms with Gasteiger partial charge >= 0.3 is 0 Å². The summed E-state index contributed by atoms with van der Waals surface area (Å²) in [5, 5.41) is 3.29. The lowest BCUT2D eigenvalue weighted by molar-refractivity contribution is 0.663. The Bertz CT molecular complexity index is 494. The fraction of sp³-hybridized carbons (Fsp3) is 0.286. The molecule has 1 aromatic heterocycles. The van der Waals surface area contributed by atoms with Crippen LogP contribution < -0.4 is 5.32 Å². The van der Waals surface area contributed by atoms with Crippen molar-refractivity contribution in [2.24, 2.45) is 0 Å². The molecule has 0 bridgehead atoms. The van der Waals surface area contributed by atoms with Crippen LogP contribution >= 0.6 is 0 Å². The number of aromatic nitrogens is 2. The van der Waals surface area contributed by atoms with Gasteiger partial charge in [0.25, 0.3) is 0 Å². The van der Waals surface area contributed by atoms with Crippen LogP contribution in [0.3, 0.4) is 0 Å². The lowest BCUT2D eigenvalue weighted by Gasteiger charge is -2.18. The molecule has 3 nitrogen and oxygen atoms in total. The molecule has 0 spiro atoms. The molecule has 2 rings (SSSR count). The summed E-state index contributed by atoms with van der Waals surface area (Å²) < 4.78 is 0. The molecule has 1 aromatic carbocycles. The van der Waals surface area contributed by atoms with E-state index in [0.717, 1.165) is 5.69 Å². The molecule has 0 amide bonds. The third-order valence-corrected chi connectivity index (χ3v) is 2.90. The van der Waals surface area contributed by atoms with Gasteiger partial charge in [0, 0.05) is 12.4 Å². The molecule has 1 N–H and O–H groups in total. The van der Waals surface area contributed by atoms with E-state index in [9.17, 15) is 0 Å². The van der Waals surface area contributed by atoms with Gasteiger partial charge in [0.1, 0.15) is 0 Å². The van der Waals surface area contributed by atoms with Gasteiger partial charge in [-0.1, -0.05) is 23.8 Å². The summed E-state index contributed by atoms with van der Waals surface area (Å²) in [6, 6.07) is 6.57. The van der Waals surface area contributed by atoms with Crippen molar-refractivity contribution in [1.82, 2.24) is 15.3 Å². The average molecular weight is 227 g/mol. The molecule has 2 aromatic rings. The van der Waals surface area contributed by atoms with E-state index < -0.39 is 0 Å². The van der Waals surface area contributed by atoms with Gasteiger partial charge in [0.05, 0.1) is 17.9 Å². The molecule has 0 aliphatic carbocycles. The number of hydrogen-bond donors (Lipinski definition) is 1. The molecular weight excluding hydrogens is 210 g/mol. The minimum absolute atomic E-state index is 0.101. The Labute approximate surface area is 102 Å². The molecule has 1 atom stereocenters. The van der Waals surface area contributed by atoms with Crippen molar-refractivity contribution in [1.29, 1.82) is 0 Å². The summed E-state index contributed by atoms with van der Waals surface area (Å²) in [5.41, 5.74) is 4.75. The molecule has 1 heterocycles. The smallest absolute Gasteiger partial charge is 0.0801 e. The fourth-order valence-electron chi connectivity index (χ4n) is 2.07. The van der Waals surface area contributed by atoms with Crippen LogP contribution in [0, 0.1) is 13.8 Å². The second-order valence-electron chi connectivity index (χ2n) is 4.21. The molecular formula is C14H17N3. The van der Waals surface area contributed by atoms with Crippen molar-refractivity contribution in [2.75, 3.05) is 7.05 Å². The SMILES string of the molecule is CNC(c1cnccn1)c1ccc(C)cc1C. The Morgan fingerprint density at radius 2 is 2.00 bits per heavy atom. The molecule has 1 unspecified atom stereocenters. The zero-order valence-corrected chi connectivity index (χ0v) is 10.4. The molecule has 0 saturated carbocycles. The van der Waals surface area contributed by atoms with E-state index in [4.69, 9.17) is 0 Å². The van der Waals surface area contributed by atoms with Crippen LogP contribution in [0.2, 0.25) is 0 Å². The molecule has 88 valence electrons. The van der Waals surface area contributed by atoms with Gasteiger partial charge in [-0.15, -0.1) is 0 Å². The van der Waals surface area contributed by atoms with E-state index in [1.165, 1.54) is 16.7 Å². The molecule has 3 heteroatoms. The predicted octanol–water partition coefficient (Wildman–Crippen LogP) is 2.40. The van der Waals surface area contributed by atoms with Crippen molar-refractivity contribution >= 4 is 0 Å². The highest BCUT2D eigenvalue weighted by Crippen LogP contribution is 2.23. The zero-order chi connectivity index (χ0) is 12.3. The zero-order valence-electron chi connectivity index (χ0n) is 10.4. The topological polar surface area (TPSA) is 37.8 Å². The number of nitrogens with one attached hydrogen (secondary N) is 1. The predicted molar refractivity (Wildman–Crippen MR) is 68.9 cm³/mol. The van der Waals surface area contributed by atoms with E-state index in [1.807, 2.05) is 7.05 Å². The van der Waals surface area contributed by atoms with Gasteiger partial charge < -0.3 is 5.32 Å². The first-order valence-electron chi connectivity index (χ1n) is 5.72. The highest BCUT2D eigenvalue weighted by molar-refractivity contribution is 5.36. The third-order valence-electron chi connectivity index (χ3n) is 2.90. The van der Waals surface area contributed by atoms with E-state index in [-0.39, 0.29) is 6.04 Å². The monoisotopic (exact) mass is 227 g/mol. The first-order valence-corrected chi connectivity index (χ1v) is 5.72. The van der Waals surface area contributed by atoms with E-state index in [2.05, 4.69) is 47.3 Å². The number of aryl methyl sites for hydroxylation is 2. The molecule has 0 aliphatic heterocycles. The van der Waals surface area contributed by atoms with Crippen LogP contribution in [0.15, 0.2) is 36.8 Å². The standard InChI is InChI=1S/C14H17N3/c1-10-4-5-12(11(2)8-10)14(15-3)13-9-16-6-7-17-13/h4-9,14-15H,1-3H3. The quantitative estimate of drug-likeness (QED) is 0.875. The second-order valence-corrected chi connectivity index (χ2v) is 4.21. The normalized spacial score (nSPS) is 12.4. The maximum absolute atomic E-state index is 4.36. The van der Waals surface area contributed by atoms with Crippen molar-refractivity contribution in [3.63, 3.8) is 0 Å². The van der Waals surface area contributed by atoms with E-state index in [1.54, 1.807) is 18.6 Å². The van der Waals surface area contributed by atoms with Gasteiger partial charge in [0.15, 0.2) is 0 Å². The van der Waals surface area contributed by atoms with Crippen LogP contribution in [0.5, 0.6) is 0 Å². The summed E-state index contributed by atoms with van der Waals surface area (Å²) in [4.78, 5) is 8.49. The third kappa shape index (κ3) is 2.50. The summed E-state index contributed by atoms with van der Waals surface area (Å²) >= 11 is 0. The lowest BCUT2D eigenvalue weighted by atomic mass is 9.97. The largest absolute Gasteiger partial charge is 0.308 e. The van der Waals surface area contributed by atoms with Crippen molar-refractivity contribution in [2.45, 2.75) is 19.9 Å². The Hall–Kier alpha value is -1.74. The molecule has 0 aliphatic rings. The molecule has 0 saturated heterocycles. The van der Waals surface area contributed by atoms with Crippen LogP contribution in [-0.4, -0.2) is 17.0 Å². The Kier molecular flexibility index (Phi) is 3.49. The Morgan fingerprint density at radius 3 is 2.59 bits per heavy atom. The van der Waals surface area contributed by atoms with Crippen LogP contribution in [-0.2, 0) is 0 Å². The first kappa shape index (κ1) is 11.7. The summed E-state index contributed by atoms with van der Waals surface area (Å²) in [6.07, 6.45) is 5.22. The Morgan fingerprint density at radius 1 is 1.18 bits per heavy atom. The van der Waals surface area contributed by atoms with E-state index in [0.29, 0.717) is 0 Å². The summed E-state index contributed by atoms with van der Waals surface area (Å²) in [7, 11) is 1.94. The van der Waals surface area contributed by atoms with Gasteiger partial charge in [-0.3, -0.25) is 9.97 Å². The first-order chi connectivity index (χ1) is 8.22. The molecule has 17 heavy (non-hydrogen) atoms. The average Bonchev–Trinajstić information content (AvgIpc) is 2.34. The van der Waals surface area contributed by atoms with Crippen molar-refractivity contribution in [3.8, 4) is 0 Å². The fourth-order valence-corrected chi connectivity index (χ4v) is 2.07. The molecule has 0 radical (unpaired) electrons. The molecule has 0 fully saturated rings. The van der Waals surface area contributed by atoms with E-state index >= 15 is 0 Å². The highest BCUT2D eigenvalue weighted by Gasteiger charge is 2.15. The van der Waals surface area contributed by atoms with Gasteiger partial charge in [-0.2, -0.15) is 0 Å². The number of benzene rings is 1. The minimum Gasteiger partial charge on any atom is -0.308 e. The maximum Gasteiger partial charge on any atom is 0.0801 e. The second kappa shape index (κ2) is 5.06. The number of hydrogen-bond acceptors (Lipinski definition) is 3. The number of nitrogens with zero attached hydrogens (tertiary/aromatic N) is 2. The van der Waals surface area contributed by atoms with Gasteiger partial charge in [-0.05, 0) is 32.0 Å². The van der Waals surface area contributed by atoms with Crippen molar-refractivity contribution in [3.05, 3.63) is 59.2 Å². The van der Waals surface area contributed by atoms with Gasteiger partial charge in [0.2, 0.25) is 0 Å². The minimum atomic E-state index is 0.101. The van der Waals surface area contributed by atoms with Crippen LogP contribution in [0.25, 0.3) is 0 Å². The highest BCUT2D eigenvalue weighted by atomic mass is 14.9. The summed E-state index contributed by atoms with van der Waals surface area (Å²) in [5.74, 6) is 0. The van der Waals surface area contributed by atoms with Crippen molar-refractivity contribution < 1.29 is 0 Å². The Balaban J connectivity index is 2.42. The lowest BCUT2D eigenvalue weighted by Crippen LogP contribution is -2.20. The van der Waals surface area contributed by atoms with Crippen LogP contribution in [0.1, 0.15) is 28.4 Å². The van der Waals surface area contributed by atoms with Gasteiger partial charge in [-0.25, -0.2) is 0 Å². The maximum atomic E-state index is 4.36.